The molecular weight excluding hydrogens is 354 g/mol. The third-order valence-corrected chi connectivity index (χ3v) is 6.34. The molecule has 2 unspecified atom stereocenters. The van der Waals surface area contributed by atoms with Crippen LogP contribution in [0.3, 0.4) is 0 Å². The summed E-state index contributed by atoms with van der Waals surface area (Å²) in [6.07, 6.45) is 7.99. The maximum atomic E-state index is 5.69. The van der Waals surface area contributed by atoms with Gasteiger partial charge in [-0.25, -0.2) is 0 Å². The highest BCUT2D eigenvalue weighted by atomic mass is 16.5. The van der Waals surface area contributed by atoms with Crippen molar-refractivity contribution in [2.45, 2.75) is 25.5 Å². The smallest absolute Gasteiger partial charge is 0.133 e. The van der Waals surface area contributed by atoms with Crippen molar-refractivity contribution in [3.8, 4) is 11.1 Å². The molecule has 0 aromatic heterocycles. The van der Waals surface area contributed by atoms with Crippen molar-refractivity contribution in [2.24, 2.45) is 5.92 Å². The number of hydrogen-bond acceptors (Lipinski definition) is 2. The fraction of sp³-hybridized carbons (Fsp3) is 0.259. The van der Waals surface area contributed by atoms with Crippen LogP contribution in [0.1, 0.15) is 34.0 Å². The molecule has 146 valence electrons. The minimum Gasteiger partial charge on any atom is -0.362 e. The summed E-state index contributed by atoms with van der Waals surface area (Å²) < 4.78 is 5.69. The topological polar surface area (TPSA) is 21.3 Å². The molecule has 5 rings (SSSR count). The first-order valence-electron chi connectivity index (χ1n) is 10.6. The number of hydrogen-bond donors (Lipinski definition) is 1. The Kier molecular flexibility index (Phi) is 5.05. The minimum atomic E-state index is -0.0671. The molecule has 29 heavy (non-hydrogen) atoms. The van der Waals surface area contributed by atoms with E-state index in [2.05, 4.69) is 78.1 Å². The lowest BCUT2D eigenvalue weighted by atomic mass is 9.78. The van der Waals surface area contributed by atoms with Crippen LogP contribution >= 0.6 is 0 Å². The Labute approximate surface area is 173 Å². The molecule has 2 atom stereocenters. The molecule has 0 saturated heterocycles. The van der Waals surface area contributed by atoms with Gasteiger partial charge in [-0.3, -0.25) is 5.32 Å². The van der Waals surface area contributed by atoms with E-state index in [0.717, 1.165) is 25.8 Å². The van der Waals surface area contributed by atoms with Gasteiger partial charge in [0.15, 0.2) is 0 Å². The number of fused-ring (bicyclic) bond motifs is 5. The summed E-state index contributed by atoms with van der Waals surface area (Å²) in [5.41, 5.74) is 10.0. The molecule has 2 aliphatic carbocycles. The number of nitrogens with one attached hydrogen (secondary N) is 1. The van der Waals surface area contributed by atoms with Crippen LogP contribution in [0.2, 0.25) is 0 Å². The van der Waals surface area contributed by atoms with Gasteiger partial charge >= 0.3 is 0 Å². The molecule has 0 radical (unpaired) electrons. The van der Waals surface area contributed by atoms with E-state index in [1.165, 1.54) is 27.8 Å². The van der Waals surface area contributed by atoms with E-state index in [0.29, 0.717) is 5.92 Å². The zero-order valence-corrected chi connectivity index (χ0v) is 16.9. The molecule has 0 fully saturated rings. The van der Waals surface area contributed by atoms with Gasteiger partial charge in [-0.2, -0.15) is 0 Å². The molecule has 3 aromatic carbocycles. The minimum absolute atomic E-state index is 0.0671. The molecule has 2 nitrogen and oxygen atoms in total. The molecular formula is C27H27NO. The summed E-state index contributed by atoms with van der Waals surface area (Å²) in [4.78, 5) is 0. The van der Waals surface area contributed by atoms with Crippen LogP contribution in [0.15, 0.2) is 72.8 Å². The fourth-order valence-electron chi connectivity index (χ4n) is 4.84. The van der Waals surface area contributed by atoms with Gasteiger partial charge in [0.2, 0.25) is 0 Å². The van der Waals surface area contributed by atoms with Crippen molar-refractivity contribution >= 4 is 6.08 Å². The number of rotatable bonds is 5. The van der Waals surface area contributed by atoms with Crippen LogP contribution in [0.4, 0.5) is 0 Å². The van der Waals surface area contributed by atoms with Crippen molar-refractivity contribution in [3.05, 3.63) is 101 Å². The standard InChI is InChI=1S/C27H27NO/c1-29-27(22-8-3-2-4-9-22)28-18-19-11-12-21-14-15-24-23-10-6-5-7-20(23)13-16-25(24)26(21)17-19/h2-12,14-15,19,27-28H,13,16-18H2,1H3. The van der Waals surface area contributed by atoms with Crippen LogP contribution in [0, 0.1) is 5.92 Å². The molecule has 1 N–H and O–H groups in total. The van der Waals surface area contributed by atoms with E-state index in [4.69, 9.17) is 4.74 Å². The normalized spacial score (nSPS) is 17.9. The second kappa shape index (κ2) is 7.98. The summed E-state index contributed by atoms with van der Waals surface area (Å²) in [5, 5.41) is 3.61. The van der Waals surface area contributed by atoms with E-state index >= 15 is 0 Å². The Balaban J connectivity index is 1.36. The van der Waals surface area contributed by atoms with Gasteiger partial charge in [-0.05, 0) is 64.1 Å². The molecule has 0 saturated carbocycles. The van der Waals surface area contributed by atoms with Gasteiger partial charge in [0.25, 0.3) is 0 Å². The van der Waals surface area contributed by atoms with Gasteiger partial charge in [-0.15, -0.1) is 0 Å². The Morgan fingerprint density at radius 3 is 2.59 bits per heavy atom. The van der Waals surface area contributed by atoms with Crippen molar-refractivity contribution < 1.29 is 4.74 Å². The average Bonchev–Trinajstić information content (AvgIpc) is 2.79. The molecule has 0 aliphatic heterocycles. The first kappa shape index (κ1) is 18.4. The van der Waals surface area contributed by atoms with Crippen molar-refractivity contribution in [3.63, 3.8) is 0 Å². The highest BCUT2D eigenvalue weighted by Crippen LogP contribution is 2.39. The lowest BCUT2D eigenvalue weighted by Gasteiger charge is -2.28. The zero-order valence-electron chi connectivity index (χ0n) is 16.9. The first-order chi connectivity index (χ1) is 14.3. The van der Waals surface area contributed by atoms with E-state index in [1.54, 1.807) is 18.2 Å². The van der Waals surface area contributed by atoms with Crippen LogP contribution < -0.4 is 5.32 Å². The van der Waals surface area contributed by atoms with Gasteiger partial charge in [0.05, 0.1) is 0 Å². The molecule has 0 amide bonds. The summed E-state index contributed by atoms with van der Waals surface area (Å²) in [5.74, 6) is 0.479. The molecule has 2 aliphatic rings. The maximum Gasteiger partial charge on any atom is 0.133 e. The summed E-state index contributed by atoms with van der Waals surface area (Å²) in [7, 11) is 1.77. The average molecular weight is 382 g/mol. The second-order valence-electron chi connectivity index (χ2n) is 8.07. The largest absolute Gasteiger partial charge is 0.362 e. The maximum absolute atomic E-state index is 5.69. The summed E-state index contributed by atoms with van der Waals surface area (Å²) >= 11 is 0. The van der Waals surface area contributed by atoms with Crippen LogP contribution in [0.25, 0.3) is 17.2 Å². The van der Waals surface area contributed by atoms with Crippen molar-refractivity contribution in [1.82, 2.24) is 5.32 Å². The highest BCUT2D eigenvalue weighted by Gasteiger charge is 2.24. The SMILES string of the molecule is COC(NCC1C=Cc2ccc3c(c2C1)CCc1ccccc1-3)c1ccccc1. The van der Waals surface area contributed by atoms with E-state index < -0.39 is 0 Å². The van der Waals surface area contributed by atoms with Gasteiger partial charge in [0.1, 0.15) is 6.23 Å². The molecule has 0 spiro atoms. The number of aryl methyl sites for hydroxylation is 1. The predicted octanol–water partition coefficient (Wildman–Crippen LogP) is 5.57. The van der Waals surface area contributed by atoms with Crippen LogP contribution in [-0.4, -0.2) is 13.7 Å². The number of ether oxygens (including phenoxy) is 1. The Morgan fingerprint density at radius 2 is 1.72 bits per heavy atom. The quantitative estimate of drug-likeness (QED) is 0.583. The third kappa shape index (κ3) is 3.55. The second-order valence-corrected chi connectivity index (χ2v) is 8.07. The van der Waals surface area contributed by atoms with Crippen LogP contribution in [-0.2, 0) is 24.0 Å². The van der Waals surface area contributed by atoms with Gasteiger partial charge in [0, 0.05) is 13.7 Å². The lowest BCUT2D eigenvalue weighted by Crippen LogP contribution is -2.30. The van der Waals surface area contributed by atoms with Crippen LogP contribution in [0.5, 0.6) is 0 Å². The van der Waals surface area contributed by atoms with E-state index in [1.807, 2.05) is 6.07 Å². The van der Waals surface area contributed by atoms with Crippen molar-refractivity contribution in [2.75, 3.05) is 13.7 Å². The van der Waals surface area contributed by atoms with E-state index in [9.17, 15) is 0 Å². The molecule has 2 heteroatoms. The summed E-state index contributed by atoms with van der Waals surface area (Å²) in [6.45, 7) is 0.906. The first-order valence-corrected chi connectivity index (χ1v) is 10.6. The number of benzene rings is 3. The predicted molar refractivity (Wildman–Crippen MR) is 120 cm³/mol. The Bertz CT molecular complexity index is 1040. The Morgan fingerprint density at radius 1 is 0.897 bits per heavy atom. The monoisotopic (exact) mass is 381 g/mol. The highest BCUT2D eigenvalue weighted by molar-refractivity contribution is 5.77. The molecule has 0 heterocycles. The molecule has 3 aromatic rings. The van der Waals surface area contributed by atoms with E-state index in [-0.39, 0.29) is 6.23 Å². The Hall–Kier alpha value is -2.68. The van der Waals surface area contributed by atoms with Gasteiger partial charge < -0.3 is 4.74 Å². The lowest BCUT2D eigenvalue weighted by molar-refractivity contribution is 0.0714. The zero-order chi connectivity index (χ0) is 19.6. The fourth-order valence-corrected chi connectivity index (χ4v) is 4.84. The molecule has 0 bridgehead atoms. The number of methoxy groups -OCH3 is 1. The van der Waals surface area contributed by atoms with Crippen molar-refractivity contribution in [1.29, 1.82) is 0 Å². The third-order valence-electron chi connectivity index (χ3n) is 6.34. The summed E-state index contributed by atoms with van der Waals surface area (Å²) in [6, 6.07) is 23.9. The van der Waals surface area contributed by atoms with Gasteiger partial charge in [-0.1, -0.05) is 78.9 Å².